The number of halogens is 1. The molecule has 1 N–H and O–H groups in total. The third-order valence-electron chi connectivity index (χ3n) is 3.78. The fourth-order valence-electron chi connectivity index (χ4n) is 2.66. The van der Waals surface area contributed by atoms with E-state index < -0.39 is 5.82 Å². The zero-order valence-electron chi connectivity index (χ0n) is 11.0. The maximum absolute atomic E-state index is 14.0. The molecule has 1 fully saturated rings. The quantitative estimate of drug-likeness (QED) is 0.910. The summed E-state index contributed by atoms with van der Waals surface area (Å²) < 4.78 is 14.0. The molecule has 0 bridgehead atoms. The summed E-state index contributed by atoms with van der Waals surface area (Å²) in [6, 6.07) is 6.89. The van der Waals surface area contributed by atoms with Crippen LogP contribution < -0.4 is 0 Å². The molecular formula is C15H19FN2O. The Morgan fingerprint density at radius 1 is 1.37 bits per heavy atom. The molecule has 1 aliphatic heterocycles. The fourth-order valence-corrected chi connectivity index (χ4v) is 2.66. The number of benzene rings is 1. The van der Waals surface area contributed by atoms with Crippen LogP contribution in [0.15, 0.2) is 18.2 Å². The monoisotopic (exact) mass is 262 g/mol. The van der Waals surface area contributed by atoms with E-state index in [1.54, 1.807) is 12.1 Å². The lowest BCUT2D eigenvalue weighted by Gasteiger charge is -2.28. The smallest absolute Gasteiger partial charge is 0.145 e. The van der Waals surface area contributed by atoms with Gasteiger partial charge in [0.05, 0.1) is 12.2 Å². The summed E-state index contributed by atoms with van der Waals surface area (Å²) in [5.41, 5.74) is 0.632. The van der Waals surface area contributed by atoms with Gasteiger partial charge in [0, 0.05) is 18.2 Å². The second-order valence-corrected chi connectivity index (χ2v) is 5.05. The summed E-state index contributed by atoms with van der Waals surface area (Å²) in [6.07, 6.45) is 4.31. The summed E-state index contributed by atoms with van der Waals surface area (Å²) >= 11 is 0. The molecule has 0 radical (unpaired) electrons. The highest BCUT2D eigenvalue weighted by Crippen LogP contribution is 2.21. The predicted molar refractivity (Wildman–Crippen MR) is 70.9 cm³/mol. The maximum atomic E-state index is 14.0. The van der Waals surface area contributed by atoms with Crippen LogP contribution >= 0.6 is 0 Å². The van der Waals surface area contributed by atoms with Crippen molar-refractivity contribution in [1.82, 2.24) is 4.90 Å². The van der Waals surface area contributed by atoms with E-state index in [2.05, 4.69) is 4.90 Å². The van der Waals surface area contributed by atoms with Gasteiger partial charge in [-0.15, -0.1) is 0 Å². The first-order chi connectivity index (χ1) is 9.26. The lowest BCUT2D eigenvalue weighted by atomic mass is 10.1. The van der Waals surface area contributed by atoms with Gasteiger partial charge < -0.3 is 5.11 Å². The molecule has 1 atom stereocenters. The molecule has 0 amide bonds. The number of likely N-dealkylation sites (tertiary alicyclic amines) is 1. The number of hydrogen-bond donors (Lipinski definition) is 1. The summed E-state index contributed by atoms with van der Waals surface area (Å²) in [4.78, 5) is 2.13. The lowest BCUT2D eigenvalue weighted by Crippen LogP contribution is -2.37. The fraction of sp³-hybridized carbons (Fsp3) is 0.533. The summed E-state index contributed by atoms with van der Waals surface area (Å²) in [7, 11) is 0. The Bertz CT molecular complexity index is 470. The lowest BCUT2D eigenvalue weighted by molar-refractivity contribution is 0.117. The van der Waals surface area contributed by atoms with E-state index in [-0.39, 0.29) is 18.2 Å². The first-order valence-electron chi connectivity index (χ1n) is 6.78. The SMILES string of the molecule is N#Cc1cccc(CN2CCCCCC2CO)c1F. The Hall–Kier alpha value is -1.44. The molecule has 3 nitrogen and oxygen atoms in total. The van der Waals surface area contributed by atoms with Crippen molar-refractivity contribution in [3.63, 3.8) is 0 Å². The van der Waals surface area contributed by atoms with Gasteiger partial charge in [-0.2, -0.15) is 5.26 Å². The van der Waals surface area contributed by atoms with Gasteiger partial charge >= 0.3 is 0 Å². The van der Waals surface area contributed by atoms with Crippen LogP contribution in [0.3, 0.4) is 0 Å². The molecule has 102 valence electrons. The average molecular weight is 262 g/mol. The second-order valence-electron chi connectivity index (χ2n) is 5.05. The van der Waals surface area contributed by atoms with Gasteiger partial charge in [0.1, 0.15) is 11.9 Å². The van der Waals surface area contributed by atoms with Crippen molar-refractivity contribution >= 4 is 0 Å². The summed E-state index contributed by atoms with van der Waals surface area (Å²) in [6.45, 7) is 1.45. The van der Waals surface area contributed by atoms with E-state index in [9.17, 15) is 9.50 Å². The number of hydrogen-bond acceptors (Lipinski definition) is 3. The van der Waals surface area contributed by atoms with Crippen molar-refractivity contribution in [3.05, 3.63) is 35.1 Å². The molecule has 0 spiro atoms. The number of rotatable bonds is 3. The first kappa shape index (κ1) is 14.0. The third kappa shape index (κ3) is 3.31. The minimum Gasteiger partial charge on any atom is -0.395 e. The topological polar surface area (TPSA) is 47.3 Å². The standard InChI is InChI=1S/C15H19FN2O/c16-15-12(9-17)5-4-6-13(15)10-18-8-3-1-2-7-14(18)11-19/h4-6,14,19H,1-3,7-8,10-11H2. The number of aliphatic hydroxyl groups excluding tert-OH is 1. The molecule has 0 aliphatic carbocycles. The average Bonchev–Trinajstić information content (AvgIpc) is 2.66. The van der Waals surface area contributed by atoms with Gasteiger partial charge in [0.15, 0.2) is 0 Å². The van der Waals surface area contributed by atoms with E-state index in [1.807, 2.05) is 6.07 Å². The van der Waals surface area contributed by atoms with Gasteiger partial charge in [-0.3, -0.25) is 4.90 Å². The van der Waals surface area contributed by atoms with E-state index in [0.29, 0.717) is 12.1 Å². The molecule has 4 heteroatoms. The first-order valence-corrected chi connectivity index (χ1v) is 6.78. The van der Waals surface area contributed by atoms with E-state index >= 15 is 0 Å². The van der Waals surface area contributed by atoms with Gasteiger partial charge in [-0.25, -0.2) is 4.39 Å². The number of aliphatic hydroxyl groups is 1. The molecule has 2 rings (SSSR count). The minimum atomic E-state index is -0.425. The van der Waals surface area contributed by atoms with Gasteiger partial charge in [-0.05, 0) is 25.5 Å². The molecule has 1 unspecified atom stereocenters. The highest BCUT2D eigenvalue weighted by atomic mass is 19.1. The van der Waals surface area contributed by atoms with E-state index in [0.717, 1.165) is 32.2 Å². The molecule has 0 aromatic heterocycles. The molecule has 0 saturated carbocycles. The van der Waals surface area contributed by atoms with E-state index in [4.69, 9.17) is 5.26 Å². The predicted octanol–water partition coefficient (Wildman–Crippen LogP) is 2.43. The minimum absolute atomic E-state index is 0.0906. The molecule has 1 aliphatic rings. The largest absolute Gasteiger partial charge is 0.395 e. The number of nitriles is 1. The molecule has 1 saturated heterocycles. The number of nitrogens with zero attached hydrogens (tertiary/aromatic N) is 2. The third-order valence-corrected chi connectivity index (χ3v) is 3.78. The molecule has 1 heterocycles. The zero-order valence-corrected chi connectivity index (χ0v) is 11.0. The van der Waals surface area contributed by atoms with Crippen molar-refractivity contribution in [3.8, 4) is 6.07 Å². The van der Waals surface area contributed by atoms with Crippen molar-refractivity contribution < 1.29 is 9.50 Å². The Balaban J connectivity index is 2.17. The Morgan fingerprint density at radius 2 is 2.21 bits per heavy atom. The van der Waals surface area contributed by atoms with Crippen LogP contribution in [-0.4, -0.2) is 29.2 Å². The van der Waals surface area contributed by atoms with Gasteiger partial charge in [0.25, 0.3) is 0 Å². The van der Waals surface area contributed by atoms with Crippen LogP contribution in [-0.2, 0) is 6.54 Å². The van der Waals surface area contributed by atoms with Crippen LogP contribution in [0.2, 0.25) is 0 Å². The molecule has 1 aromatic carbocycles. The van der Waals surface area contributed by atoms with Crippen LogP contribution in [0.1, 0.15) is 36.8 Å². The van der Waals surface area contributed by atoms with Crippen LogP contribution in [0, 0.1) is 17.1 Å². The van der Waals surface area contributed by atoms with Crippen molar-refractivity contribution in [2.24, 2.45) is 0 Å². The van der Waals surface area contributed by atoms with Crippen LogP contribution in [0.4, 0.5) is 4.39 Å². The highest BCUT2D eigenvalue weighted by Gasteiger charge is 2.21. The van der Waals surface area contributed by atoms with Gasteiger partial charge in [-0.1, -0.05) is 25.0 Å². The van der Waals surface area contributed by atoms with Gasteiger partial charge in [0.2, 0.25) is 0 Å². The highest BCUT2D eigenvalue weighted by molar-refractivity contribution is 5.34. The Labute approximate surface area is 113 Å². The second kappa shape index (κ2) is 6.65. The Morgan fingerprint density at radius 3 is 2.95 bits per heavy atom. The summed E-state index contributed by atoms with van der Waals surface area (Å²) in [5.74, 6) is -0.425. The van der Waals surface area contributed by atoms with Crippen molar-refractivity contribution in [1.29, 1.82) is 5.26 Å². The van der Waals surface area contributed by atoms with Crippen LogP contribution in [0.5, 0.6) is 0 Å². The normalized spacial score (nSPS) is 20.8. The van der Waals surface area contributed by atoms with Crippen molar-refractivity contribution in [2.45, 2.75) is 38.3 Å². The van der Waals surface area contributed by atoms with Crippen LogP contribution in [0.25, 0.3) is 0 Å². The van der Waals surface area contributed by atoms with Crippen molar-refractivity contribution in [2.75, 3.05) is 13.2 Å². The maximum Gasteiger partial charge on any atom is 0.145 e. The van der Waals surface area contributed by atoms with E-state index in [1.165, 1.54) is 6.07 Å². The summed E-state index contributed by atoms with van der Waals surface area (Å²) in [5, 5.41) is 18.3. The molecule has 19 heavy (non-hydrogen) atoms. The Kier molecular flexibility index (Phi) is 4.89. The molecule has 1 aromatic rings. The molecular weight excluding hydrogens is 243 g/mol. The zero-order chi connectivity index (χ0) is 13.7.